The van der Waals surface area contributed by atoms with Crippen LogP contribution in [0, 0.1) is 0 Å². The van der Waals surface area contributed by atoms with Crippen molar-refractivity contribution in [2.24, 2.45) is 0 Å². The van der Waals surface area contributed by atoms with Crippen LogP contribution in [-0.4, -0.2) is 28.7 Å². The van der Waals surface area contributed by atoms with Crippen molar-refractivity contribution in [2.45, 2.75) is 19.9 Å². The van der Waals surface area contributed by atoms with E-state index in [0.717, 1.165) is 10.9 Å². The molecule has 0 atom stereocenters. The van der Waals surface area contributed by atoms with Crippen molar-refractivity contribution in [3.05, 3.63) is 59.8 Å². The molecule has 0 fully saturated rings. The van der Waals surface area contributed by atoms with Gasteiger partial charge in [-0.2, -0.15) is 0 Å². The molecule has 26 heavy (non-hydrogen) atoms. The minimum absolute atomic E-state index is 0.0215. The SMILES string of the molecule is CCn1c(C(=O)O)c(CC(=O)Nc2cccc(OC)c2)c2ccccc21. The number of carbonyl (C=O) groups is 2. The number of aromatic nitrogens is 1. The minimum atomic E-state index is -1.03. The number of anilines is 1. The molecule has 0 saturated heterocycles. The number of amides is 1. The van der Waals surface area contributed by atoms with Crippen LogP contribution in [0.25, 0.3) is 10.9 Å². The predicted molar refractivity (Wildman–Crippen MR) is 99.9 cm³/mol. The van der Waals surface area contributed by atoms with Crippen molar-refractivity contribution >= 4 is 28.5 Å². The van der Waals surface area contributed by atoms with Crippen LogP contribution in [0.5, 0.6) is 5.75 Å². The number of aromatic carboxylic acids is 1. The second-order valence-electron chi connectivity index (χ2n) is 5.85. The van der Waals surface area contributed by atoms with E-state index in [1.54, 1.807) is 35.9 Å². The molecule has 134 valence electrons. The zero-order valence-electron chi connectivity index (χ0n) is 14.7. The van der Waals surface area contributed by atoms with Crippen LogP contribution in [0.15, 0.2) is 48.5 Å². The molecule has 3 rings (SSSR count). The highest BCUT2D eigenvalue weighted by Gasteiger charge is 2.23. The van der Waals surface area contributed by atoms with Gasteiger partial charge in [0.2, 0.25) is 5.91 Å². The summed E-state index contributed by atoms with van der Waals surface area (Å²) < 4.78 is 6.88. The van der Waals surface area contributed by atoms with Gasteiger partial charge in [-0.15, -0.1) is 0 Å². The topological polar surface area (TPSA) is 80.6 Å². The van der Waals surface area contributed by atoms with Crippen molar-refractivity contribution in [2.75, 3.05) is 12.4 Å². The monoisotopic (exact) mass is 352 g/mol. The maximum absolute atomic E-state index is 12.5. The summed E-state index contributed by atoms with van der Waals surface area (Å²) in [6, 6.07) is 14.5. The first-order chi connectivity index (χ1) is 12.5. The van der Waals surface area contributed by atoms with Gasteiger partial charge in [0.15, 0.2) is 0 Å². The number of hydrogen-bond donors (Lipinski definition) is 2. The molecule has 6 nitrogen and oxygen atoms in total. The summed E-state index contributed by atoms with van der Waals surface area (Å²) in [6.07, 6.45) is -0.0215. The summed E-state index contributed by atoms with van der Waals surface area (Å²) in [4.78, 5) is 24.4. The van der Waals surface area contributed by atoms with Gasteiger partial charge in [0.05, 0.1) is 13.5 Å². The zero-order chi connectivity index (χ0) is 18.7. The van der Waals surface area contributed by atoms with E-state index >= 15 is 0 Å². The van der Waals surface area contributed by atoms with E-state index < -0.39 is 5.97 Å². The Hall–Kier alpha value is -3.28. The number of fused-ring (bicyclic) bond motifs is 1. The lowest BCUT2D eigenvalue weighted by Gasteiger charge is -2.08. The Morgan fingerprint density at radius 3 is 2.62 bits per heavy atom. The maximum Gasteiger partial charge on any atom is 0.352 e. The summed E-state index contributed by atoms with van der Waals surface area (Å²) in [5.41, 5.74) is 2.10. The first kappa shape index (κ1) is 17.5. The van der Waals surface area contributed by atoms with Crippen LogP contribution < -0.4 is 10.1 Å². The normalized spacial score (nSPS) is 10.7. The van der Waals surface area contributed by atoms with Gasteiger partial charge in [0.1, 0.15) is 11.4 Å². The van der Waals surface area contributed by atoms with Gasteiger partial charge in [0.25, 0.3) is 0 Å². The molecule has 0 saturated carbocycles. The number of aryl methyl sites for hydroxylation is 1. The summed E-state index contributed by atoms with van der Waals surface area (Å²) in [5.74, 6) is -0.677. The van der Waals surface area contributed by atoms with Crippen molar-refractivity contribution in [1.29, 1.82) is 0 Å². The fourth-order valence-corrected chi connectivity index (χ4v) is 3.19. The number of carbonyl (C=O) groups excluding carboxylic acids is 1. The van der Waals surface area contributed by atoms with Crippen LogP contribution in [0.4, 0.5) is 5.69 Å². The zero-order valence-corrected chi connectivity index (χ0v) is 14.7. The molecule has 0 bridgehead atoms. The predicted octanol–water partition coefficient (Wildman–Crippen LogP) is 3.55. The molecular formula is C20H20N2O4. The van der Waals surface area contributed by atoms with Crippen molar-refractivity contribution in [3.8, 4) is 5.75 Å². The third-order valence-electron chi connectivity index (χ3n) is 4.29. The van der Waals surface area contributed by atoms with Crippen molar-refractivity contribution < 1.29 is 19.4 Å². The average Bonchev–Trinajstić information content (AvgIpc) is 2.95. The standard InChI is InChI=1S/C20H20N2O4/c1-3-22-17-10-5-4-9-15(17)16(19(22)20(24)25)12-18(23)21-13-7-6-8-14(11-13)26-2/h4-11H,3,12H2,1-2H3,(H,21,23)(H,24,25). The molecule has 1 amide bonds. The number of nitrogens with zero attached hydrogens (tertiary/aromatic N) is 1. The fraction of sp³-hybridized carbons (Fsp3) is 0.200. The van der Waals surface area contributed by atoms with Crippen LogP contribution in [0.2, 0.25) is 0 Å². The Morgan fingerprint density at radius 2 is 1.92 bits per heavy atom. The molecule has 1 aromatic heterocycles. The number of benzene rings is 2. The Labute approximate surface area is 151 Å². The smallest absolute Gasteiger partial charge is 0.352 e. The quantitative estimate of drug-likeness (QED) is 0.711. The summed E-state index contributed by atoms with van der Waals surface area (Å²) in [7, 11) is 1.56. The average molecular weight is 352 g/mol. The number of para-hydroxylation sites is 1. The first-order valence-corrected chi connectivity index (χ1v) is 8.32. The molecule has 1 heterocycles. The molecule has 2 aromatic carbocycles. The number of carboxylic acid groups (broad SMARTS) is 1. The number of nitrogens with one attached hydrogen (secondary N) is 1. The van der Waals surface area contributed by atoms with Crippen LogP contribution in [-0.2, 0) is 17.8 Å². The molecule has 0 unspecified atom stereocenters. The van der Waals surface area contributed by atoms with Crippen LogP contribution >= 0.6 is 0 Å². The van der Waals surface area contributed by atoms with E-state index in [2.05, 4.69) is 5.32 Å². The van der Waals surface area contributed by atoms with Gasteiger partial charge >= 0.3 is 5.97 Å². The molecular weight excluding hydrogens is 332 g/mol. The second kappa shape index (κ2) is 7.31. The third kappa shape index (κ3) is 3.26. The van der Waals surface area contributed by atoms with Gasteiger partial charge in [-0.1, -0.05) is 24.3 Å². The fourth-order valence-electron chi connectivity index (χ4n) is 3.19. The highest BCUT2D eigenvalue weighted by Crippen LogP contribution is 2.27. The molecule has 0 spiro atoms. The number of ether oxygens (including phenoxy) is 1. The van der Waals surface area contributed by atoms with Gasteiger partial charge in [-0.3, -0.25) is 4.79 Å². The summed E-state index contributed by atoms with van der Waals surface area (Å²) in [6.45, 7) is 2.40. The van der Waals surface area contributed by atoms with E-state index in [1.807, 2.05) is 31.2 Å². The Balaban J connectivity index is 1.96. The molecule has 2 N–H and O–H groups in total. The van der Waals surface area contributed by atoms with E-state index in [0.29, 0.717) is 23.5 Å². The summed E-state index contributed by atoms with van der Waals surface area (Å²) >= 11 is 0. The lowest BCUT2D eigenvalue weighted by Crippen LogP contribution is -2.17. The maximum atomic E-state index is 12.5. The Morgan fingerprint density at radius 1 is 1.15 bits per heavy atom. The largest absolute Gasteiger partial charge is 0.497 e. The van der Waals surface area contributed by atoms with Gasteiger partial charge < -0.3 is 19.7 Å². The Bertz CT molecular complexity index is 975. The number of hydrogen-bond acceptors (Lipinski definition) is 3. The molecule has 0 aliphatic rings. The lowest BCUT2D eigenvalue weighted by molar-refractivity contribution is -0.115. The second-order valence-corrected chi connectivity index (χ2v) is 5.85. The van der Waals surface area contributed by atoms with E-state index in [4.69, 9.17) is 4.74 Å². The van der Waals surface area contributed by atoms with Gasteiger partial charge in [-0.05, 0) is 25.1 Å². The van der Waals surface area contributed by atoms with Gasteiger partial charge in [0, 0.05) is 34.8 Å². The third-order valence-corrected chi connectivity index (χ3v) is 4.29. The van der Waals surface area contributed by atoms with Crippen LogP contribution in [0.3, 0.4) is 0 Å². The molecule has 0 aliphatic heterocycles. The van der Waals surface area contributed by atoms with Crippen molar-refractivity contribution in [1.82, 2.24) is 4.57 Å². The van der Waals surface area contributed by atoms with E-state index in [-0.39, 0.29) is 18.0 Å². The lowest BCUT2D eigenvalue weighted by atomic mass is 10.1. The Kier molecular flexibility index (Phi) is 4.93. The minimum Gasteiger partial charge on any atom is -0.497 e. The van der Waals surface area contributed by atoms with Crippen molar-refractivity contribution in [3.63, 3.8) is 0 Å². The number of carboxylic acids is 1. The molecule has 6 heteroatoms. The highest BCUT2D eigenvalue weighted by molar-refractivity contribution is 6.02. The molecule has 3 aromatic rings. The van der Waals surface area contributed by atoms with E-state index in [9.17, 15) is 14.7 Å². The number of methoxy groups -OCH3 is 1. The van der Waals surface area contributed by atoms with E-state index in [1.165, 1.54) is 0 Å². The summed E-state index contributed by atoms with van der Waals surface area (Å²) in [5, 5.41) is 13.3. The highest BCUT2D eigenvalue weighted by atomic mass is 16.5. The number of rotatable bonds is 6. The molecule has 0 aliphatic carbocycles. The first-order valence-electron chi connectivity index (χ1n) is 8.32. The van der Waals surface area contributed by atoms with Crippen LogP contribution in [0.1, 0.15) is 23.0 Å². The van der Waals surface area contributed by atoms with Gasteiger partial charge in [-0.25, -0.2) is 4.79 Å². The molecule has 0 radical (unpaired) electrons.